The van der Waals surface area contributed by atoms with Crippen molar-refractivity contribution in [2.45, 2.75) is 23.8 Å². The molecule has 10 heteroatoms. The first-order valence-corrected chi connectivity index (χ1v) is 9.09. The van der Waals surface area contributed by atoms with Gasteiger partial charge in [-0.1, -0.05) is 30.3 Å². The molecule has 0 fully saturated rings. The first-order valence-electron chi connectivity index (χ1n) is 8.27. The molecule has 1 aromatic carbocycles. The highest BCUT2D eigenvalue weighted by molar-refractivity contribution is 7.99. The van der Waals surface area contributed by atoms with Gasteiger partial charge in [0.1, 0.15) is 18.2 Å². The first-order chi connectivity index (χ1) is 13.6. The SMILES string of the molecule is Cc1occc1-c1nnc(Sc2ncc([N+](=O)[O-])cn2)n1Cc1ccccc1. The molecule has 0 aliphatic carbocycles. The molecule has 4 aromatic rings. The highest BCUT2D eigenvalue weighted by Gasteiger charge is 2.19. The van der Waals surface area contributed by atoms with E-state index in [0.717, 1.165) is 16.9 Å². The molecule has 3 aromatic heterocycles. The van der Waals surface area contributed by atoms with Gasteiger partial charge >= 0.3 is 5.69 Å². The minimum Gasteiger partial charge on any atom is -0.469 e. The van der Waals surface area contributed by atoms with Crippen molar-refractivity contribution in [1.29, 1.82) is 0 Å². The number of rotatable bonds is 6. The van der Waals surface area contributed by atoms with Crippen LogP contribution in [0.5, 0.6) is 0 Å². The predicted molar refractivity (Wildman–Crippen MR) is 101 cm³/mol. The summed E-state index contributed by atoms with van der Waals surface area (Å²) < 4.78 is 7.36. The Morgan fingerprint density at radius 1 is 1.14 bits per heavy atom. The van der Waals surface area contributed by atoms with Crippen LogP contribution in [-0.4, -0.2) is 29.7 Å². The van der Waals surface area contributed by atoms with Crippen LogP contribution < -0.4 is 0 Å². The zero-order valence-corrected chi connectivity index (χ0v) is 15.5. The second kappa shape index (κ2) is 7.61. The van der Waals surface area contributed by atoms with E-state index in [2.05, 4.69) is 20.2 Å². The van der Waals surface area contributed by atoms with E-state index in [-0.39, 0.29) is 5.69 Å². The van der Waals surface area contributed by atoms with Crippen molar-refractivity contribution >= 4 is 17.4 Å². The van der Waals surface area contributed by atoms with Crippen molar-refractivity contribution in [3.8, 4) is 11.4 Å². The number of hydrogen-bond acceptors (Lipinski definition) is 8. The molecule has 4 rings (SSSR count). The summed E-state index contributed by atoms with van der Waals surface area (Å²) in [5.41, 5.74) is 1.76. The summed E-state index contributed by atoms with van der Waals surface area (Å²) in [5, 5.41) is 20.3. The van der Waals surface area contributed by atoms with Crippen molar-refractivity contribution in [3.05, 3.63) is 76.5 Å². The summed E-state index contributed by atoms with van der Waals surface area (Å²) in [5.74, 6) is 1.41. The van der Waals surface area contributed by atoms with Crippen molar-refractivity contribution in [2.24, 2.45) is 0 Å². The van der Waals surface area contributed by atoms with Gasteiger partial charge in [-0.15, -0.1) is 10.2 Å². The van der Waals surface area contributed by atoms with E-state index < -0.39 is 4.92 Å². The Kier molecular flexibility index (Phi) is 4.85. The van der Waals surface area contributed by atoms with Crippen LogP contribution in [0.2, 0.25) is 0 Å². The number of nitro groups is 1. The van der Waals surface area contributed by atoms with Gasteiger partial charge in [-0.3, -0.25) is 14.7 Å². The van der Waals surface area contributed by atoms with Crippen molar-refractivity contribution in [3.63, 3.8) is 0 Å². The van der Waals surface area contributed by atoms with Crippen LogP contribution >= 0.6 is 11.8 Å². The molecule has 9 nitrogen and oxygen atoms in total. The molecule has 0 saturated heterocycles. The Bertz CT molecular complexity index is 1110. The molecule has 0 unspecified atom stereocenters. The minimum atomic E-state index is -0.536. The molecular weight excluding hydrogens is 380 g/mol. The summed E-state index contributed by atoms with van der Waals surface area (Å²) in [6, 6.07) is 11.8. The molecule has 0 aliphatic heterocycles. The van der Waals surface area contributed by atoms with Gasteiger partial charge in [0.15, 0.2) is 16.1 Å². The number of aryl methyl sites for hydroxylation is 1. The van der Waals surface area contributed by atoms with Crippen LogP contribution in [-0.2, 0) is 6.54 Å². The Morgan fingerprint density at radius 3 is 2.54 bits per heavy atom. The van der Waals surface area contributed by atoms with Gasteiger partial charge in [0, 0.05) is 0 Å². The number of hydrogen-bond donors (Lipinski definition) is 0. The van der Waals surface area contributed by atoms with Crippen LogP contribution in [0.15, 0.2) is 69.8 Å². The topological polar surface area (TPSA) is 113 Å². The van der Waals surface area contributed by atoms with Crippen LogP contribution in [0.1, 0.15) is 11.3 Å². The highest BCUT2D eigenvalue weighted by atomic mass is 32.2. The van der Waals surface area contributed by atoms with Gasteiger partial charge < -0.3 is 4.42 Å². The highest BCUT2D eigenvalue weighted by Crippen LogP contribution is 2.30. The molecule has 28 heavy (non-hydrogen) atoms. The molecule has 0 saturated carbocycles. The normalized spacial score (nSPS) is 10.9. The van der Waals surface area contributed by atoms with Gasteiger partial charge in [-0.2, -0.15) is 0 Å². The van der Waals surface area contributed by atoms with E-state index in [1.54, 1.807) is 6.26 Å². The molecule has 140 valence electrons. The Morgan fingerprint density at radius 2 is 1.89 bits per heavy atom. The molecule has 0 atom stereocenters. The minimum absolute atomic E-state index is 0.162. The molecule has 0 N–H and O–H groups in total. The van der Waals surface area contributed by atoms with Gasteiger partial charge in [-0.05, 0) is 30.3 Å². The van der Waals surface area contributed by atoms with E-state index in [0.29, 0.717) is 22.7 Å². The quantitative estimate of drug-likeness (QED) is 0.276. The number of furan rings is 1. The fourth-order valence-electron chi connectivity index (χ4n) is 2.63. The number of benzene rings is 1. The van der Waals surface area contributed by atoms with Crippen molar-refractivity contribution in [2.75, 3.05) is 0 Å². The monoisotopic (exact) mass is 394 g/mol. The van der Waals surface area contributed by atoms with Crippen molar-refractivity contribution < 1.29 is 9.34 Å². The lowest BCUT2D eigenvalue weighted by Crippen LogP contribution is -2.04. The molecule has 0 bridgehead atoms. The maximum absolute atomic E-state index is 10.8. The van der Waals surface area contributed by atoms with Gasteiger partial charge in [0.25, 0.3) is 0 Å². The third kappa shape index (κ3) is 3.62. The lowest BCUT2D eigenvalue weighted by molar-refractivity contribution is -0.385. The van der Waals surface area contributed by atoms with E-state index in [1.807, 2.05) is 47.9 Å². The molecule has 0 radical (unpaired) electrons. The van der Waals surface area contributed by atoms with Crippen LogP contribution in [0.25, 0.3) is 11.4 Å². The van der Waals surface area contributed by atoms with Crippen molar-refractivity contribution in [1.82, 2.24) is 24.7 Å². The van der Waals surface area contributed by atoms with Gasteiger partial charge in [0.05, 0.1) is 23.3 Å². The zero-order valence-electron chi connectivity index (χ0n) is 14.7. The second-order valence-electron chi connectivity index (χ2n) is 5.85. The average molecular weight is 394 g/mol. The standard InChI is InChI=1S/C18H14N6O3S/c1-12-15(7-8-27-12)16-21-22-18(23(16)11-13-5-3-2-4-6-13)28-17-19-9-14(10-20-17)24(25)26/h2-10H,11H2,1H3. The fourth-order valence-corrected chi connectivity index (χ4v) is 3.34. The summed E-state index contributed by atoms with van der Waals surface area (Å²) >= 11 is 1.19. The van der Waals surface area contributed by atoms with Gasteiger partial charge in [0.2, 0.25) is 0 Å². The summed E-state index contributed by atoms with van der Waals surface area (Å²) in [4.78, 5) is 18.3. The lowest BCUT2D eigenvalue weighted by atomic mass is 10.2. The fraction of sp³-hybridized carbons (Fsp3) is 0.111. The largest absolute Gasteiger partial charge is 0.469 e. The van der Waals surface area contributed by atoms with E-state index in [1.165, 1.54) is 24.2 Å². The Hall–Kier alpha value is -3.53. The van der Waals surface area contributed by atoms with Crippen LogP contribution in [0.3, 0.4) is 0 Å². The second-order valence-corrected chi connectivity index (χ2v) is 6.79. The summed E-state index contributed by atoms with van der Waals surface area (Å²) in [6.07, 6.45) is 3.96. The Labute approximate surface area is 163 Å². The molecule has 0 amide bonds. The third-order valence-corrected chi connectivity index (χ3v) is 4.89. The smallest absolute Gasteiger partial charge is 0.305 e. The van der Waals surface area contributed by atoms with Gasteiger partial charge in [-0.25, -0.2) is 9.97 Å². The van der Waals surface area contributed by atoms with E-state index >= 15 is 0 Å². The van der Waals surface area contributed by atoms with Crippen LogP contribution in [0.4, 0.5) is 5.69 Å². The average Bonchev–Trinajstić information content (AvgIpc) is 3.29. The molecular formula is C18H14N6O3S. The maximum atomic E-state index is 10.8. The van der Waals surface area contributed by atoms with Crippen LogP contribution in [0, 0.1) is 17.0 Å². The summed E-state index contributed by atoms with van der Waals surface area (Å²) in [6.45, 7) is 2.41. The number of aromatic nitrogens is 5. The Balaban J connectivity index is 1.71. The lowest BCUT2D eigenvalue weighted by Gasteiger charge is -2.09. The third-order valence-electron chi connectivity index (χ3n) is 4.01. The van der Waals surface area contributed by atoms with E-state index in [9.17, 15) is 10.1 Å². The zero-order chi connectivity index (χ0) is 19.5. The predicted octanol–water partition coefficient (Wildman–Crippen LogP) is 3.74. The number of nitrogens with zero attached hydrogens (tertiary/aromatic N) is 6. The molecule has 3 heterocycles. The van der Waals surface area contributed by atoms with E-state index in [4.69, 9.17) is 4.42 Å². The first kappa shape index (κ1) is 17.9. The molecule has 0 spiro atoms. The molecule has 0 aliphatic rings. The summed E-state index contributed by atoms with van der Waals surface area (Å²) in [7, 11) is 0. The maximum Gasteiger partial charge on any atom is 0.305 e.